The van der Waals surface area contributed by atoms with Crippen molar-refractivity contribution < 1.29 is 4.79 Å². The van der Waals surface area contributed by atoms with Crippen molar-refractivity contribution in [2.75, 3.05) is 26.2 Å². The van der Waals surface area contributed by atoms with Gasteiger partial charge in [-0.05, 0) is 49.1 Å². The molecule has 6 heteroatoms. The molecule has 0 radical (unpaired) electrons. The number of aryl methyl sites for hydroxylation is 2. The minimum atomic E-state index is 0.146. The standard InChI is InChI=1S/C25H29N3OS2/c1-19-6-3-4-7-23(19)16-27-12-5-13-28(15-14-27)24(29)22-10-8-21(9-11-22)18-31-25-26-20(2)17-30-25/h3-4,6-11,17H,5,12-16,18H2,1-2H3. The van der Waals surface area contributed by atoms with E-state index in [2.05, 4.69) is 58.6 Å². The number of benzene rings is 2. The summed E-state index contributed by atoms with van der Waals surface area (Å²) in [4.78, 5) is 22.0. The van der Waals surface area contributed by atoms with E-state index in [9.17, 15) is 4.79 Å². The second kappa shape index (κ2) is 10.4. The first-order chi connectivity index (χ1) is 15.1. The average Bonchev–Trinajstić information content (AvgIpc) is 3.06. The molecule has 0 unspecified atom stereocenters. The van der Waals surface area contributed by atoms with Crippen molar-refractivity contribution in [2.45, 2.75) is 36.9 Å². The van der Waals surface area contributed by atoms with E-state index in [1.807, 2.05) is 24.0 Å². The van der Waals surface area contributed by atoms with Gasteiger partial charge in [-0.25, -0.2) is 4.98 Å². The van der Waals surface area contributed by atoms with Gasteiger partial charge >= 0.3 is 0 Å². The van der Waals surface area contributed by atoms with Gasteiger partial charge in [0, 0.05) is 55.1 Å². The highest BCUT2D eigenvalue weighted by Crippen LogP contribution is 2.26. The van der Waals surface area contributed by atoms with E-state index in [1.54, 1.807) is 23.1 Å². The SMILES string of the molecule is Cc1csc(SCc2ccc(C(=O)N3CCCN(Cc4ccccc4C)CC3)cc2)n1. The van der Waals surface area contributed by atoms with Crippen LogP contribution in [0.3, 0.4) is 0 Å². The lowest BCUT2D eigenvalue weighted by Crippen LogP contribution is -2.35. The maximum atomic E-state index is 13.1. The zero-order valence-corrected chi connectivity index (χ0v) is 19.8. The number of rotatable bonds is 6. The monoisotopic (exact) mass is 451 g/mol. The highest BCUT2D eigenvalue weighted by Gasteiger charge is 2.20. The molecule has 2 aromatic carbocycles. The van der Waals surface area contributed by atoms with Gasteiger partial charge in [-0.1, -0.05) is 48.2 Å². The largest absolute Gasteiger partial charge is 0.337 e. The van der Waals surface area contributed by atoms with Crippen molar-refractivity contribution in [1.29, 1.82) is 0 Å². The Hall–Kier alpha value is -2.15. The normalized spacial score (nSPS) is 15.1. The molecule has 0 N–H and O–H groups in total. The number of hydrogen-bond donors (Lipinski definition) is 0. The molecule has 0 saturated carbocycles. The van der Waals surface area contributed by atoms with Gasteiger partial charge < -0.3 is 4.90 Å². The topological polar surface area (TPSA) is 36.4 Å². The fourth-order valence-electron chi connectivity index (χ4n) is 3.83. The third-order valence-corrected chi connectivity index (χ3v) is 7.90. The number of aromatic nitrogens is 1. The quantitative estimate of drug-likeness (QED) is 0.470. The van der Waals surface area contributed by atoms with Gasteiger partial charge in [-0.2, -0.15) is 0 Å². The smallest absolute Gasteiger partial charge is 0.253 e. The van der Waals surface area contributed by atoms with Crippen molar-refractivity contribution in [3.05, 3.63) is 81.9 Å². The summed E-state index contributed by atoms with van der Waals surface area (Å²) < 4.78 is 1.09. The Kier molecular flexibility index (Phi) is 7.43. The molecule has 162 valence electrons. The van der Waals surface area contributed by atoms with Gasteiger partial charge in [0.05, 0.1) is 0 Å². The van der Waals surface area contributed by atoms with Gasteiger partial charge in [-0.3, -0.25) is 9.69 Å². The summed E-state index contributed by atoms with van der Waals surface area (Å²) in [6.07, 6.45) is 1.01. The molecular weight excluding hydrogens is 422 g/mol. The van der Waals surface area contributed by atoms with Crippen LogP contribution in [0.4, 0.5) is 0 Å². The summed E-state index contributed by atoms with van der Waals surface area (Å²) in [5.74, 6) is 1.02. The lowest BCUT2D eigenvalue weighted by molar-refractivity contribution is 0.0761. The molecule has 1 amide bonds. The Balaban J connectivity index is 1.31. The molecule has 0 bridgehead atoms. The fourth-order valence-corrected chi connectivity index (χ4v) is 5.64. The Morgan fingerprint density at radius 3 is 2.58 bits per heavy atom. The van der Waals surface area contributed by atoms with Gasteiger partial charge in [0.1, 0.15) is 4.34 Å². The van der Waals surface area contributed by atoms with Crippen LogP contribution in [-0.2, 0) is 12.3 Å². The zero-order valence-electron chi connectivity index (χ0n) is 18.2. The number of thioether (sulfide) groups is 1. The van der Waals surface area contributed by atoms with Crippen LogP contribution in [-0.4, -0.2) is 46.9 Å². The van der Waals surface area contributed by atoms with Crippen LogP contribution in [0.5, 0.6) is 0 Å². The van der Waals surface area contributed by atoms with Crippen molar-refractivity contribution in [3.8, 4) is 0 Å². The first-order valence-corrected chi connectivity index (χ1v) is 12.6. The first-order valence-electron chi connectivity index (χ1n) is 10.8. The molecule has 3 aromatic rings. The number of carbonyl (C=O) groups is 1. The summed E-state index contributed by atoms with van der Waals surface area (Å²) in [6, 6.07) is 16.7. The number of hydrogen-bond acceptors (Lipinski definition) is 5. The zero-order chi connectivity index (χ0) is 21.6. The van der Waals surface area contributed by atoms with Crippen LogP contribution in [0.15, 0.2) is 58.3 Å². The van der Waals surface area contributed by atoms with E-state index >= 15 is 0 Å². The molecule has 31 heavy (non-hydrogen) atoms. The Morgan fingerprint density at radius 1 is 1.03 bits per heavy atom. The van der Waals surface area contributed by atoms with E-state index in [4.69, 9.17) is 0 Å². The van der Waals surface area contributed by atoms with Crippen LogP contribution >= 0.6 is 23.1 Å². The molecular formula is C25H29N3OS2. The molecule has 1 aromatic heterocycles. The highest BCUT2D eigenvalue weighted by atomic mass is 32.2. The molecule has 1 aliphatic rings. The second-order valence-corrected chi connectivity index (χ2v) is 10.2. The summed E-state index contributed by atoms with van der Waals surface area (Å²) in [6.45, 7) is 8.71. The van der Waals surface area contributed by atoms with Crippen LogP contribution in [0, 0.1) is 13.8 Å². The molecule has 4 nitrogen and oxygen atoms in total. The van der Waals surface area contributed by atoms with Crippen LogP contribution in [0.1, 0.15) is 39.2 Å². The third kappa shape index (κ3) is 5.97. The summed E-state index contributed by atoms with van der Waals surface area (Å²) in [7, 11) is 0. The molecule has 0 aliphatic carbocycles. The van der Waals surface area contributed by atoms with Gasteiger partial charge in [0.15, 0.2) is 0 Å². The maximum absolute atomic E-state index is 13.1. The van der Waals surface area contributed by atoms with Crippen LogP contribution < -0.4 is 0 Å². The lowest BCUT2D eigenvalue weighted by Gasteiger charge is -2.22. The molecule has 0 spiro atoms. The first kappa shape index (κ1) is 22.1. The number of amides is 1. The predicted octanol–water partition coefficient (Wildman–Crippen LogP) is 5.40. The minimum absolute atomic E-state index is 0.146. The van der Waals surface area contributed by atoms with E-state index in [-0.39, 0.29) is 5.91 Å². The number of thiazole rings is 1. The highest BCUT2D eigenvalue weighted by molar-refractivity contribution is 8.00. The second-order valence-electron chi connectivity index (χ2n) is 8.09. The molecule has 1 aliphatic heterocycles. The van der Waals surface area contributed by atoms with E-state index < -0.39 is 0 Å². The molecule has 1 fully saturated rings. The summed E-state index contributed by atoms with van der Waals surface area (Å²) in [5, 5.41) is 2.08. The average molecular weight is 452 g/mol. The van der Waals surface area contributed by atoms with Gasteiger partial charge in [-0.15, -0.1) is 11.3 Å². The molecule has 0 atom stereocenters. The van der Waals surface area contributed by atoms with Gasteiger partial charge in [0.2, 0.25) is 0 Å². The Labute approximate surface area is 193 Å². The Bertz CT molecular complexity index is 1020. The molecule has 1 saturated heterocycles. The fraction of sp³-hybridized carbons (Fsp3) is 0.360. The minimum Gasteiger partial charge on any atom is -0.337 e. The maximum Gasteiger partial charge on any atom is 0.253 e. The summed E-state index contributed by atoms with van der Waals surface area (Å²) in [5.41, 5.74) is 5.79. The van der Waals surface area contributed by atoms with Crippen LogP contribution in [0.25, 0.3) is 0 Å². The van der Waals surface area contributed by atoms with Crippen molar-refractivity contribution in [2.24, 2.45) is 0 Å². The summed E-state index contributed by atoms with van der Waals surface area (Å²) >= 11 is 3.43. The number of nitrogens with zero attached hydrogens (tertiary/aromatic N) is 3. The van der Waals surface area contributed by atoms with Crippen molar-refractivity contribution in [3.63, 3.8) is 0 Å². The molecule has 4 rings (SSSR count). The van der Waals surface area contributed by atoms with E-state index in [0.717, 1.165) is 60.5 Å². The predicted molar refractivity (Wildman–Crippen MR) is 130 cm³/mol. The third-order valence-electron chi connectivity index (χ3n) is 5.69. The number of carbonyl (C=O) groups excluding carboxylic acids is 1. The van der Waals surface area contributed by atoms with E-state index in [0.29, 0.717) is 0 Å². The lowest BCUT2D eigenvalue weighted by atomic mass is 10.1. The molecule has 2 heterocycles. The van der Waals surface area contributed by atoms with E-state index in [1.165, 1.54) is 16.7 Å². The van der Waals surface area contributed by atoms with Crippen molar-refractivity contribution >= 4 is 29.0 Å². The van der Waals surface area contributed by atoms with Gasteiger partial charge in [0.25, 0.3) is 5.91 Å². The van der Waals surface area contributed by atoms with Crippen LogP contribution in [0.2, 0.25) is 0 Å². The Morgan fingerprint density at radius 2 is 1.84 bits per heavy atom. The van der Waals surface area contributed by atoms with Crippen molar-refractivity contribution in [1.82, 2.24) is 14.8 Å².